The number of para-hydroxylation sites is 1. The molecule has 0 unspecified atom stereocenters. The number of nitrogens with zero attached hydrogens (tertiary/aromatic N) is 5. The van der Waals surface area contributed by atoms with Crippen LogP contribution >= 0.6 is 11.3 Å². The number of rotatable bonds is 4. The molecule has 0 bridgehead atoms. The number of aryl methyl sites for hydroxylation is 1. The fraction of sp³-hybridized carbons (Fsp3) is 0.158. The Labute approximate surface area is 150 Å². The summed E-state index contributed by atoms with van der Waals surface area (Å²) in [7, 11) is 2.04. The first-order chi connectivity index (χ1) is 12.2. The van der Waals surface area contributed by atoms with Crippen molar-refractivity contribution in [3.8, 4) is 11.4 Å². The van der Waals surface area contributed by atoms with Crippen molar-refractivity contribution in [3.63, 3.8) is 0 Å². The van der Waals surface area contributed by atoms with Gasteiger partial charge in [0.2, 0.25) is 0 Å². The molecule has 0 aliphatic rings. The lowest BCUT2D eigenvalue weighted by Gasteiger charge is -2.19. The SMILES string of the molecule is Cc1csc(CN(C)c2nc(-c3ccncc3)nc3ccccc23)n1. The average molecular weight is 347 g/mol. The van der Waals surface area contributed by atoms with E-state index in [1.807, 2.05) is 44.3 Å². The molecule has 1 aromatic carbocycles. The molecule has 0 spiro atoms. The Morgan fingerprint density at radius 1 is 1.00 bits per heavy atom. The topological polar surface area (TPSA) is 54.8 Å². The molecule has 0 N–H and O–H groups in total. The van der Waals surface area contributed by atoms with Crippen LogP contribution in [0, 0.1) is 6.92 Å². The van der Waals surface area contributed by atoms with Crippen LogP contribution in [0.2, 0.25) is 0 Å². The number of anilines is 1. The zero-order valence-electron chi connectivity index (χ0n) is 14.0. The van der Waals surface area contributed by atoms with Gasteiger partial charge in [0.05, 0.1) is 12.1 Å². The van der Waals surface area contributed by atoms with E-state index in [9.17, 15) is 0 Å². The molecule has 0 amide bonds. The van der Waals surface area contributed by atoms with Gasteiger partial charge >= 0.3 is 0 Å². The van der Waals surface area contributed by atoms with E-state index in [1.165, 1.54) is 0 Å². The standard InChI is InChI=1S/C19H17N5S/c1-13-12-25-17(21-13)11-24(2)19-15-5-3-4-6-16(15)22-18(23-19)14-7-9-20-10-8-14/h3-10,12H,11H2,1-2H3. The summed E-state index contributed by atoms with van der Waals surface area (Å²) in [4.78, 5) is 20.3. The summed E-state index contributed by atoms with van der Waals surface area (Å²) >= 11 is 1.67. The zero-order valence-corrected chi connectivity index (χ0v) is 14.9. The minimum Gasteiger partial charge on any atom is -0.352 e. The highest BCUT2D eigenvalue weighted by molar-refractivity contribution is 7.09. The number of hydrogen-bond acceptors (Lipinski definition) is 6. The molecule has 124 valence electrons. The Morgan fingerprint density at radius 2 is 1.80 bits per heavy atom. The van der Waals surface area contributed by atoms with Gasteiger partial charge in [0.1, 0.15) is 10.8 Å². The van der Waals surface area contributed by atoms with Crippen LogP contribution in [0.15, 0.2) is 54.2 Å². The number of hydrogen-bond donors (Lipinski definition) is 0. The van der Waals surface area contributed by atoms with E-state index in [0.29, 0.717) is 5.82 Å². The molecule has 4 rings (SSSR count). The van der Waals surface area contributed by atoms with Crippen LogP contribution in [0.3, 0.4) is 0 Å². The van der Waals surface area contributed by atoms with E-state index in [-0.39, 0.29) is 0 Å². The Kier molecular flexibility index (Phi) is 4.11. The second kappa shape index (κ2) is 6.57. The third-order valence-electron chi connectivity index (χ3n) is 3.92. The Balaban J connectivity index is 1.80. The normalized spacial score (nSPS) is 11.0. The van der Waals surface area contributed by atoms with Crippen molar-refractivity contribution < 1.29 is 0 Å². The number of fused-ring (bicyclic) bond motifs is 1. The van der Waals surface area contributed by atoms with E-state index in [0.717, 1.165) is 39.5 Å². The van der Waals surface area contributed by atoms with Gasteiger partial charge in [-0.05, 0) is 31.2 Å². The molecular weight excluding hydrogens is 330 g/mol. The molecule has 3 aromatic heterocycles. The van der Waals surface area contributed by atoms with Crippen molar-refractivity contribution in [1.82, 2.24) is 19.9 Å². The van der Waals surface area contributed by atoms with Gasteiger partial charge < -0.3 is 4.90 Å². The Morgan fingerprint density at radius 3 is 2.56 bits per heavy atom. The highest BCUT2D eigenvalue weighted by atomic mass is 32.1. The average Bonchev–Trinajstić information content (AvgIpc) is 3.06. The minimum atomic E-state index is 0.707. The molecular formula is C19H17N5S. The van der Waals surface area contributed by atoms with Crippen molar-refractivity contribution in [3.05, 3.63) is 64.9 Å². The summed E-state index contributed by atoms with van der Waals surface area (Å²) in [6.07, 6.45) is 3.52. The van der Waals surface area contributed by atoms with E-state index in [2.05, 4.69) is 26.3 Å². The van der Waals surface area contributed by atoms with Crippen LogP contribution in [0.4, 0.5) is 5.82 Å². The van der Waals surface area contributed by atoms with E-state index in [4.69, 9.17) is 9.97 Å². The fourth-order valence-corrected chi connectivity index (χ4v) is 3.56. The molecule has 0 aliphatic carbocycles. The number of benzene rings is 1. The molecule has 0 saturated heterocycles. The molecule has 4 aromatic rings. The van der Waals surface area contributed by atoms with Crippen LogP contribution in [-0.4, -0.2) is 27.0 Å². The number of pyridine rings is 1. The van der Waals surface area contributed by atoms with E-state index < -0.39 is 0 Å². The molecule has 0 aliphatic heterocycles. The van der Waals surface area contributed by atoms with Crippen LogP contribution in [0.1, 0.15) is 10.7 Å². The van der Waals surface area contributed by atoms with E-state index in [1.54, 1.807) is 23.7 Å². The lowest BCUT2D eigenvalue weighted by molar-refractivity contribution is 0.887. The lowest BCUT2D eigenvalue weighted by Crippen LogP contribution is -2.18. The highest BCUT2D eigenvalue weighted by Crippen LogP contribution is 2.27. The van der Waals surface area contributed by atoms with Crippen LogP contribution in [0.5, 0.6) is 0 Å². The van der Waals surface area contributed by atoms with Gasteiger partial charge in [0, 0.05) is 41.5 Å². The van der Waals surface area contributed by atoms with Crippen LogP contribution in [-0.2, 0) is 6.54 Å². The molecule has 0 atom stereocenters. The molecule has 3 heterocycles. The first kappa shape index (κ1) is 15.7. The molecule has 25 heavy (non-hydrogen) atoms. The van der Waals surface area contributed by atoms with Crippen molar-refractivity contribution in [1.29, 1.82) is 0 Å². The van der Waals surface area contributed by atoms with Crippen molar-refractivity contribution in [2.24, 2.45) is 0 Å². The maximum atomic E-state index is 4.84. The van der Waals surface area contributed by atoms with Crippen molar-refractivity contribution in [2.45, 2.75) is 13.5 Å². The molecule has 0 radical (unpaired) electrons. The third kappa shape index (κ3) is 3.21. The fourth-order valence-electron chi connectivity index (χ4n) is 2.73. The van der Waals surface area contributed by atoms with E-state index >= 15 is 0 Å². The van der Waals surface area contributed by atoms with Crippen molar-refractivity contribution >= 4 is 28.1 Å². The number of aromatic nitrogens is 4. The van der Waals surface area contributed by atoms with Gasteiger partial charge in [-0.3, -0.25) is 4.98 Å². The Hall–Kier alpha value is -2.86. The van der Waals surface area contributed by atoms with Crippen LogP contribution < -0.4 is 4.90 Å². The summed E-state index contributed by atoms with van der Waals surface area (Å²) in [5, 5.41) is 4.19. The van der Waals surface area contributed by atoms with Gasteiger partial charge in [0.15, 0.2) is 5.82 Å². The first-order valence-electron chi connectivity index (χ1n) is 8.00. The van der Waals surface area contributed by atoms with Crippen LogP contribution in [0.25, 0.3) is 22.3 Å². The van der Waals surface area contributed by atoms with Crippen molar-refractivity contribution in [2.75, 3.05) is 11.9 Å². The molecule has 5 nitrogen and oxygen atoms in total. The van der Waals surface area contributed by atoms with Gasteiger partial charge in [-0.25, -0.2) is 15.0 Å². The second-order valence-electron chi connectivity index (χ2n) is 5.86. The summed E-state index contributed by atoms with van der Waals surface area (Å²) in [6.45, 7) is 2.73. The maximum Gasteiger partial charge on any atom is 0.162 e. The smallest absolute Gasteiger partial charge is 0.162 e. The first-order valence-corrected chi connectivity index (χ1v) is 8.88. The zero-order chi connectivity index (χ0) is 17.2. The second-order valence-corrected chi connectivity index (χ2v) is 6.81. The lowest BCUT2D eigenvalue weighted by atomic mass is 10.2. The number of thiazole rings is 1. The quantitative estimate of drug-likeness (QED) is 0.556. The monoisotopic (exact) mass is 347 g/mol. The molecule has 0 saturated carbocycles. The van der Waals surface area contributed by atoms with Gasteiger partial charge in [-0.15, -0.1) is 11.3 Å². The summed E-state index contributed by atoms with van der Waals surface area (Å²) in [5.41, 5.74) is 2.94. The molecule has 0 fully saturated rings. The highest BCUT2D eigenvalue weighted by Gasteiger charge is 2.14. The van der Waals surface area contributed by atoms with Gasteiger partial charge in [-0.1, -0.05) is 12.1 Å². The Bertz CT molecular complexity index is 1010. The van der Waals surface area contributed by atoms with Gasteiger partial charge in [0.25, 0.3) is 0 Å². The molecule has 6 heteroatoms. The summed E-state index contributed by atoms with van der Waals surface area (Å²) in [5.74, 6) is 1.61. The predicted octanol–water partition coefficient (Wildman–Crippen LogP) is 4.09. The maximum absolute atomic E-state index is 4.84. The summed E-state index contributed by atoms with van der Waals surface area (Å²) < 4.78 is 0. The van der Waals surface area contributed by atoms with Gasteiger partial charge in [-0.2, -0.15) is 0 Å². The third-order valence-corrected chi connectivity index (χ3v) is 4.87. The summed E-state index contributed by atoms with van der Waals surface area (Å²) in [6, 6.07) is 12.0. The largest absolute Gasteiger partial charge is 0.352 e. The predicted molar refractivity (Wildman–Crippen MR) is 102 cm³/mol. The minimum absolute atomic E-state index is 0.707.